The second-order valence-corrected chi connectivity index (χ2v) is 7.77. The maximum absolute atomic E-state index is 12.1. The second-order valence-electron chi connectivity index (χ2n) is 7.77. The van der Waals surface area contributed by atoms with Gasteiger partial charge < -0.3 is 14.2 Å². The molecule has 0 bridgehead atoms. The van der Waals surface area contributed by atoms with Gasteiger partial charge in [-0.3, -0.25) is 9.78 Å². The average Bonchev–Trinajstić information content (AvgIpc) is 3.40. The molecule has 1 spiro atoms. The fourth-order valence-electron chi connectivity index (χ4n) is 4.83. The van der Waals surface area contributed by atoms with Gasteiger partial charge in [0.1, 0.15) is 0 Å². The maximum Gasteiger partial charge on any atom is 0.309 e. The zero-order valence-electron chi connectivity index (χ0n) is 16.3. The smallest absolute Gasteiger partial charge is 0.309 e. The van der Waals surface area contributed by atoms with Gasteiger partial charge >= 0.3 is 5.97 Å². The van der Waals surface area contributed by atoms with E-state index in [4.69, 9.17) is 14.2 Å². The Hall–Kier alpha value is -2.30. The summed E-state index contributed by atoms with van der Waals surface area (Å²) in [5.41, 5.74) is 2.46. The van der Waals surface area contributed by atoms with E-state index in [1.54, 1.807) is 14.2 Å². The lowest BCUT2D eigenvalue weighted by Gasteiger charge is -2.30. The van der Waals surface area contributed by atoms with Gasteiger partial charge in [0.2, 0.25) is 0 Å². The van der Waals surface area contributed by atoms with E-state index >= 15 is 0 Å². The Bertz CT molecular complexity index is 855. The number of hydrogen-bond donors (Lipinski definition) is 0. The molecule has 1 aromatic heterocycles. The largest absolute Gasteiger partial charge is 0.493 e. The number of methoxy groups -OCH3 is 2. The Labute approximate surface area is 160 Å². The highest BCUT2D eigenvalue weighted by Crippen LogP contribution is 2.63. The molecule has 2 saturated carbocycles. The molecule has 0 amide bonds. The molecule has 1 aromatic carbocycles. The summed E-state index contributed by atoms with van der Waals surface area (Å²) in [7, 11) is 3.30. The van der Waals surface area contributed by atoms with E-state index < -0.39 is 0 Å². The Morgan fingerprint density at radius 3 is 2.56 bits per heavy atom. The lowest BCUT2D eigenvalue weighted by molar-refractivity contribution is -0.145. The minimum atomic E-state index is 0.00198. The number of carbonyl (C=O) groups is 1. The van der Waals surface area contributed by atoms with Crippen molar-refractivity contribution < 1.29 is 19.0 Å². The van der Waals surface area contributed by atoms with Crippen LogP contribution in [0.2, 0.25) is 0 Å². The summed E-state index contributed by atoms with van der Waals surface area (Å²) < 4.78 is 16.1. The molecular weight excluding hydrogens is 342 g/mol. The molecule has 0 radical (unpaired) electrons. The van der Waals surface area contributed by atoms with Gasteiger partial charge in [0.25, 0.3) is 0 Å². The summed E-state index contributed by atoms with van der Waals surface area (Å²) in [6.45, 7) is 2.35. The van der Waals surface area contributed by atoms with Crippen LogP contribution in [0.25, 0.3) is 10.9 Å². The Morgan fingerprint density at radius 2 is 1.89 bits per heavy atom. The molecule has 1 atom stereocenters. The molecule has 27 heavy (non-hydrogen) atoms. The highest BCUT2D eigenvalue weighted by molar-refractivity contribution is 5.86. The SMILES string of the molecule is CCOC(=O)C1CC12CCC(c1ccnc3cc(OC)c(OC)cc13)CC2. The summed E-state index contributed by atoms with van der Waals surface area (Å²) in [5.74, 6) is 2.05. The molecule has 1 heterocycles. The third-order valence-electron chi connectivity index (χ3n) is 6.46. The molecule has 144 valence electrons. The van der Waals surface area contributed by atoms with Crippen LogP contribution in [0.1, 0.15) is 50.5 Å². The van der Waals surface area contributed by atoms with Crippen molar-refractivity contribution in [1.29, 1.82) is 0 Å². The van der Waals surface area contributed by atoms with Crippen LogP contribution in [0.3, 0.4) is 0 Å². The molecule has 2 aliphatic rings. The standard InChI is InChI=1S/C22H27NO4/c1-4-27-21(24)17-13-22(17)8-5-14(6-9-22)15-7-10-23-18-12-20(26-3)19(25-2)11-16(15)18/h7,10-12,14,17H,4-6,8-9,13H2,1-3H3. The predicted octanol–water partition coefficient (Wildman–Crippen LogP) is 4.48. The van der Waals surface area contributed by atoms with E-state index in [-0.39, 0.29) is 17.3 Å². The molecular formula is C22H27NO4. The molecule has 2 aromatic rings. The number of ether oxygens (including phenoxy) is 3. The van der Waals surface area contributed by atoms with Gasteiger partial charge in [-0.2, -0.15) is 0 Å². The number of benzene rings is 1. The van der Waals surface area contributed by atoms with Crippen molar-refractivity contribution in [2.45, 2.75) is 44.9 Å². The van der Waals surface area contributed by atoms with Gasteiger partial charge in [0.05, 0.1) is 32.3 Å². The summed E-state index contributed by atoms with van der Waals surface area (Å²) in [5, 5.41) is 1.13. The van der Waals surface area contributed by atoms with E-state index in [2.05, 4.69) is 11.1 Å². The number of esters is 1. The van der Waals surface area contributed by atoms with Crippen molar-refractivity contribution in [3.63, 3.8) is 0 Å². The molecule has 2 aliphatic carbocycles. The summed E-state index contributed by atoms with van der Waals surface area (Å²) in [4.78, 5) is 16.6. The number of rotatable bonds is 5. The summed E-state index contributed by atoms with van der Waals surface area (Å²) >= 11 is 0. The Morgan fingerprint density at radius 1 is 1.19 bits per heavy atom. The van der Waals surface area contributed by atoms with Crippen molar-refractivity contribution in [3.8, 4) is 11.5 Å². The number of carbonyl (C=O) groups excluding carboxylic acids is 1. The summed E-state index contributed by atoms with van der Waals surface area (Å²) in [6, 6.07) is 6.12. The lowest BCUT2D eigenvalue weighted by atomic mass is 9.75. The first-order chi connectivity index (χ1) is 13.1. The van der Waals surface area contributed by atoms with Crippen LogP contribution in [0, 0.1) is 11.3 Å². The molecule has 4 rings (SSSR count). The monoisotopic (exact) mass is 369 g/mol. The number of hydrogen-bond acceptors (Lipinski definition) is 5. The highest BCUT2D eigenvalue weighted by atomic mass is 16.5. The first-order valence-corrected chi connectivity index (χ1v) is 9.79. The Balaban J connectivity index is 1.55. The predicted molar refractivity (Wildman–Crippen MR) is 103 cm³/mol. The first kappa shape index (κ1) is 18.1. The highest BCUT2D eigenvalue weighted by Gasteiger charge is 2.59. The topological polar surface area (TPSA) is 57.7 Å². The van der Waals surface area contributed by atoms with E-state index in [0.29, 0.717) is 18.3 Å². The lowest BCUT2D eigenvalue weighted by Crippen LogP contribution is -2.20. The van der Waals surface area contributed by atoms with Gasteiger partial charge in [-0.1, -0.05) is 0 Å². The molecule has 0 saturated heterocycles. The van der Waals surface area contributed by atoms with Crippen LogP contribution in [-0.4, -0.2) is 31.8 Å². The number of fused-ring (bicyclic) bond motifs is 1. The summed E-state index contributed by atoms with van der Waals surface area (Å²) in [6.07, 6.45) is 7.27. The van der Waals surface area contributed by atoms with Gasteiger partial charge in [-0.15, -0.1) is 0 Å². The number of pyridine rings is 1. The average molecular weight is 369 g/mol. The Kier molecular flexibility index (Phi) is 4.70. The van der Waals surface area contributed by atoms with Gasteiger partial charge in [-0.05, 0) is 68.1 Å². The van der Waals surface area contributed by atoms with Crippen molar-refractivity contribution in [3.05, 3.63) is 30.0 Å². The normalized spacial score (nSPS) is 26.8. The number of aromatic nitrogens is 1. The maximum atomic E-state index is 12.1. The van der Waals surface area contributed by atoms with Gasteiger partial charge in [0.15, 0.2) is 11.5 Å². The van der Waals surface area contributed by atoms with Crippen LogP contribution in [0.5, 0.6) is 11.5 Å². The van der Waals surface area contributed by atoms with Crippen molar-refractivity contribution in [2.75, 3.05) is 20.8 Å². The van der Waals surface area contributed by atoms with Crippen LogP contribution in [0.4, 0.5) is 0 Å². The molecule has 5 nitrogen and oxygen atoms in total. The quantitative estimate of drug-likeness (QED) is 0.728. The van der Waals surface area contributed by atoms with Crippen LogP contribution in [0.15, 0.2) is 24.4 Å². The van der Waals surface area contributed by atoms with Crippen LogP contribution < -0.4 is 9.47 Å². The van der Waals surface area contributed by atoms with E-state index in [1.807, 2.05) is 25.3 Å². The van der Waals surface area contributed by atoms with Gasteiger partial charge in [-0.25, -0.2) is 0 Å². The fraction of sp³-hybridized carbons (Fsp3) is 0.545. The molecule has 5 heteroatoms. The molecule has 0 N–H and O–H groups in total. The van der Waals surface area contributed by atoms with Crippen LogP contribution >= 0.6 is 0 Å². The van der Waals surface area contributed by atoms with Gasteiger partial charge in [0, 0.05) is 17.6 Å². The minimum absolute atomic E-state index is 0.00198. The van der Waals surface area contributed by atoms with Crippen LogP contribution in [-0.2, 0) is 9.53 Å². The fourth-order valence-corrected chi connectivity index (χ4v) is 4.83. The van der Waals surface area contributed by atoms with E-state index in [9.17, 15) is 4.79 Å². The van der Waals surface area contributed by atoms with E-state index in [0.717, 1.165) is 48.8 Å². The molecule has 1 unspecified atom stereocenters. The molecule has 2 fully saturated rings. The third kappa shape index (κ3) is 3.13. The first-order valence-electron chi connectivity index (χ1n) is 9.79. The zero-order valence-corrected chi connectivity index (χ0v) is 16.3. The second kappa shape index (κ2) is 7.02. The zero-order chi connectivity index (χ0) is 19.0. The van der Waals surface area contributed by atoms with Crippen molar-refractivity contribution in [1.82, 2.24) is 4.98 Å². The molecule has 0 aliphatic heterocycles. The van der Waals surface area contributed by atoms with Crippen molar-refractivity contribution >= 4 is 16.9 Å². The van der Waals surface area contributed by atoms with E-state index in [1.165, 1.54) is 5.56 Å². The number of nitrogens with zero attached hydrogens (tertiary/aromatic N) is 1. The third-order valence-corrected chi connectivity index (χ3v) is 6.46. The van der Waals surface area contributed by atoms with Crippen molar-refractivity contribution in [2.24, 2.45) is 11.3 Å². The minimum Gasteiger partial charge on any atom is -0.493 e.